The van der Waals surface area contributed by atoms with E-state index in [4.69, 9.17) is 5.11 Å². The van der Waals surface area contributed by atoms with Crippen LogP contribution in [0.4, 0.5) is 0 Å². The molecule has 1 aliphatic carbocycles. The fourth-order valence-corrected chi connectivity index (χ4v) is 1.91. The zero-order valence-electron chi connectivity index (χ0n) is 9.03. The van der Waals surface area contributed by atoms with Crippen molar-refractivity contribution in [2.24, 2.45) is 5.92 Å². The number of carboxylic acid groups (broad SMARTS) is 1. The normalized spacial score (nSPS) is 19.3. The summed E-state index contributed by atoms with van der Waals surface area (Å²) in [5.41, 5.74) is 0. The van der Waals surface area contributed by atoms with Crippen LogP contribution in [0, 0.1) is 5.92 Å². The van der Waals surface area contributed by atoms with Crippen molar-refractivity contribution in [3.63, 3.8) is 0 Å². The summed E-state index contributed by atoms with van der Waals surface area (Å²) >= 11 is 1.16. The van der Waals surface area contributed by atoms with Gasteiger partial charge in [0.05, 0.1) is 11.0 Å². The second-order valence-corrected chi connectivity index (χ2v) is 5.31. The van der Waals surface area contributed by atoms with Crippen molar-refractivity contribution in [3.8, 4) is 0 Å². The standard InChI is InChI=1S/C10H17NO3S/c1-6(8-3-4-8)11-9(12)5-15-7(2)10(13)14/h6-8H,3-5H2,1-2H3,(H,11,12)(H,13,14)/t6-,7-/m1/s1. The summed E-state index contributed by atoms with van der Waals surface area (Å²) in [6, 6.07) is 0.234. The molecule has 1 saturated carbocycles. The summed E-state index contributed by atoms with van der Waals surface area (Å²) in [4.78, 5) is 21.9. The quantitative estimate of drug-likeness (QED) is 0.718. The molecule has 4 nitrogen and oxygen atoms in total. The Kier molecular flexibility index (Phi) is 4.45. The Bertz CT molecular complexity index is 253. The first kappa shape index (κ1) is 12.4. The summed E-state index contributed by atoms with van der Waals surface area (Å²) in [7, 11) is 0. The highest BCUT2D eigenvalue weighted by Gasteiger charge is 2.28. The minimum absolute atomic E-state index is 0.0625. The molecule has 1 aliphatic rings. The highest BCUT2D eigenvalue weighted by Crippen LogP contribution is 2.32. The van der Waals surface area contributed by atoms with E-state index in [1.165, 1.54) is 12.8 Å². The van der Waals surface area contributed by atoms with Crippen LogP contribution in [-0.4, -0.2) is 34.0 Å². The van der Waals surface area contributed by atoms with E-state index in [0.29, 0.717) is 5.92 Å². The van der Waals surface area contributed by atoms with Crippen molar-refractivity contribution in [1.29, 1.82) is 0 Å². The van der Waals surface area contributed by atoms with Gasteiger partial charge < -0.3 is 10.4 Å². The molecule has 15 heavy (non-hydrogen) atoms. The number of nitrogens with one attached hydrogen (secondary N) is 1. The van der Waals surface area contributed by atoms with Crippen molar-refractivity contribution in [3.05, 3.63) is 0 Å². The lowest BCUT2D eigenvalue weighted by atomic mass is 10.2. The van der Waals surface area contributed by atoms with Gasteiger partial charge >= 0.3 is 5.97 Å². The van der Waals surface area contributed by atoms with Crippen LogP contribution in [0.25, 0.3) is 0 Å². The molecule has 0 aromatic heterocycles. The van der Waals surface area contributed by atoms with Gasteiger partial charge in [-0.05, 0) is 32.6 Å². The minimum atomic E-state index is -0.872. The molecule has 86 valence electrons. The zero-order chi connectivity index (χ0) is 11.4. The second-order valence-electron chi connectivity index (χ2n) is 3.99. The molecule has 0 aromatic rings. The van der Waals surface area contributed by atoms with Gasteiger partial charge in [-0.15, -0.1) is 11.8 Å². The Morgan fingerprint density at radius 1 is 1.47 bits per heavy atom. The number of rotatable bonds is 6. The lowest BCUT2D eigenvalue weighted by Crippen LogP contribution is -2.35. The average Bonchev–Trinajstić information content (AvgIpc) is 2.96. The van der Waals surface area contributed by atoms with Crippen LogP contribution in [0.5, 0.6) is 0 Å². The van der Waals surface area contributed by atoms with E-state index < -0.39 is 11.2 Å². The maximum atomic E-state index is 11.4. The number of thioether (sulfide) groups is 1. The number of hydrogen-bond donors (Lipinski definition) is 2. The molecule has 2 N–H and O–H groups in total. The van der Waals surface area contributed by atoms with Gasteiger partial charge in [0.1, 0.15) is 0 Å². The maximum absolute atomic E-state index is 11.4. The lowest BCUT2D eigenvalue weighted by molar-refractivity contribution is -0.136. The number of carbonyl (C=O) groups is 2. The largest absolute Gasteiger partial charge is 0.480 e. The van der Waals surface area contributed by atoms with Crippen LogP contribution >= 0.6 is 11.8 Å². The zero-order valence-corrected chi connectivity index (χ0v) is 9.84. The number of hydrogen-bond acceptors (Lipinski definition) is 3. The van der Waals surface area contributed by atoms with Crippen molar-refractivity contribution < 1.29 is 14.7 Å². The molecule has 0 bridgehead atoms. The summed E-state index contributed by atoms with van der Waals surface area (Å²) in [5, 5.41) is 11.0. The van der Waals surface area contributed by atoms with Gasteiger partial charge in [-0.2, -0.15) is 0 Å². The summed E-state index contributed by atoms with van der Waals surface area (Å²) in [6.45, 7) is 3.59. The second kappa shape index (κ2) is 5.39. The van der Waals surface area contributed by atoms with Gasteiger partial charge in [0.25, 0.3) is 0 Å². The van der Waals surface area contributed by atoms with E-state index in [2.05, 4.69) is 5.32 Å². The molecular weight excluding hydrogens is 214 g/mol. The molecule has 5 heteroatoms. The molecule has 0 heterocycles. The fraction of sp³-hybridized carbons (Fsp3) is 0.800. The minimum Gasteiger partial charge on any atom is -0.480 e. The topological polar surface area (TPSA) is 66.4 Å². The number of amides is 1. The maximum Gasteiger partial charge on any atom is 0.316 e. The fourth-order valence-electron chi connectivity index (χ4n) is 1.28. The highest BCUT2D eigenvalue weighted by atomic mass is 32.2. The van der Waals surface area contributed by atoms with E-state index in [1.807, 2.05) is 6.92 Å². The molecule has 0 unspecified atom stereocenters. The summed E-state index contributed by atoms with van der Waals surface area (Å²) in [5.74, 6) is -0.0729. The third kappa shape index (κ3) is 4.55. The van der Waals surface area contributed by atoms with Crippen molar-refractivity contribution >= 4 is 23.6 Å². The number of aliphatic carboxylic acids is 1. The summed E-state index contributed by atoms with van der Waals surface area (Å²) in [6.07, 6.45) is 2.39. The van der Waals surface area contributed by atoms with Crippen LogP contribution in [-0.2, 0) is 9.59 Å². The van der Waals surface area contributed by atoms with Crippen molar-refractivity contribution in [1.82, 2.24) is 5.32 Å². The molecule has 2 atom stereocenters. The van der Waals surface area contributed by atoms with Crippen LogP contribution in [0.15, 0.2) is 0 Å². The number of carbonyl (C=O) groups excluding carboxylic acids is 1. The summed E-state index contributed by atoms with van der Waals surface area (Å²) < 4.78 is 0. The van der Waals surface area contributed by atoms with Gasteiger partial charge in [0.2, 0.25) is 5.91 Å². The molecule has 0 aromatic carbocycles. The van der Waals surface area contributed by atoms with Gasteiger partial charge in [-0.1, -0.05) is 0 Å². The molecule has 0 spiro atoms. The van der Waals surface area contributed by atoms with E-state index in [-0.39, 0.29) is 17.7 Å². The average molecular weight is 231 g/mol. The molecule has 1 fully saturated rings. The molecular formula is C10H17NO3S. The predicted molar refractivity (Wildman–Crippen MR) is 59.9 cm³/mol. The first-order chi connectivity index (χ1) is 7.00. The Labute approximate surface area is 93.8 Å². The van der Waals surface area contributed by atoms with Crippen LogP contribution in [0.3, 0.4) is 0 Å². The first-order valence-corrected chi connectivity index (χ1v) is 6.19. The van der Waals surface area contributed by atoms with Crippen LogP contribution in [0.1, 0.15) is 26.7 Å². The SMILES string of the molecule is C[C@@H](SCC(=O)N[C@H](C)C1CC1)C(=O)O. The van der Waals surface area contributed by atoms with E-state index >= 15 is 0 Å². The van der Waals surface area contributed by atoms with Gasteiger partial charge in [-0.3, -0.25) is 9.59 Å². The molecule has 0 radical (unpaired) electrons. The molecule has 1 amide bonds. The smallest absolute Gasteiger partial charge is 0.316 e. The Morgan fingerprint density at radius 3 is 2.53 bits per heavy atom. The first-order valence-electron chi connectivity index (χ1n) is 5.14. The Balaban J connectivity index is 2.15. The van der Waals surface area contributed by atoms with Crippen LogP contribution < -0.4 is 5.32 Å². The number of carboxylic acids is 1. The van der Waals surface area contributed by atoms with Crippen LogP contribution in [0.2, 0.25) is 0 Å². The van der Waals surface area contributed by atoms with Crippen molar-refractivity contribution in [2.45, 2.75) is 38.0 Å². The molecule has 0 aliphatic heterocycles. The third-order valence-corrected chi connectivity index (χ3v) is 3.66. The molecule has 0 saturated heterocycles. The van der Waals surface area contributed by atoms with Gasteiger partial charge in [0, 0.05) is 6.04 Å². The Hall–Kier alpha value is -0.710. The third-order valence-electron chi connectivity index (χ3n) is 2.53. The monoisotopic (exact) mass is 231 g/mol. The van der Waals surface area contributed by atoms with Crippen molar-refractivity contribution in [2.75, 3.05) is 5.75 Å². The lowest BCUT2D eigenvalue weighted by Gasteiger charge is -2.13. The van der Waals surface area contributed by atoms with Gasteiger partial charge in [-0.25, -0.2) is 0 Å². The van der Waals surface area contributed by atoms with Gasteiger partial charge in [0.15, 0.2) is 0 Å². The highest BCUT2D eigenvalue weighted by molar-refractivity contribution is 8.01. The van der Waals surface area contributed by atoms with E-state index in [1.54, 1.807) is 6.92 Å². The molecule has 1 rings (SSSR count). The Morgan fingerprint density at radius 2 is 2.07 bits per heavy atom. The predicted octanol–water partition coefficient (Wildman–Crippen LogP) is 1.11. The van der Waals surface area contributed by atoms with E-state index in [0.717, 1.165) is 11.8 Å². The van der Waals surface area contributed by atoms with E-state index in [9.17, 15) is 9.59 Å².